The van der Waals surface area contributed by atoms with Crippen LogP contribution in [0.5, 0.6) is 0 Å². The SMILES string of the molecule is CNc1ncc(F)c(NC(C)CCO)n1. The standard InChI is InChI=1S/C9H15FN4O/c1-6(3-4-15)13-8-7(10)5-12-9(11-2)14-8/h5-6,15H,3-4H2,1-2H3,(H2,11,12,13,14). The van der Waals surface area contributed by atoms with Crippen molar-refractivity contribution < 1.29 is 9.50 Å². The number of aromatic nitrogens is 2. The molecule has 0 spiro atoms. The Balaban J connectivity index is 2.74. The third kappa shape index (κ3) is 3.32. The van der Waals surface area contributed by atoms with Gasteiger partial charge in [0, 0.05) is 19.7 Å². The van der Waals surface area contributed by atoms with E-state index in [9.17, 15) is 4.39 Å². The summed E-state index contributed by atoms with van der Waals surface area (Å²) in [5, 5.41) is 14.3. The first kappa shape index (κ1) is 11.6. The van der Waals surface area contributed by atoms with Crippen LogP contribution in [0.2, 0.25) is 0 Å². The number of hydrogen-bond donors (Lipinski definition) is 3. The van der Waals surface area contributed by atoms with Crippen LogP contribution < -0.4 is 10.6 Å². The first-order valence-electron chi connectivity index (χ1n) is 4.75. The predicted octanol–water partition coefficient (Wildman–Crippen LogP) is 0.840. The van der Waals surface area contributed by atoms with E-state index >= 15 is 0 Å². The number of anilines is 2. The van der Waals surface area contributed by atoms with Crippen LogP contribution >= 0.6 is 0 Å². The smallest absolute Gasteiger partial charge is 0.224 e. The highest BCUT2D eigenvalue weighted by Crippen LogP contribution is 2.13. The van der Waals surface area contributed by atoms with E-state index in [2.05, 4.69) is 20.6 Å². The van der Waals surface area contributed by atoms with Gasteiger partial charge in [-0.1, -0.05) is 0 Å². The summed E-state index contributed by atoms with van der Waals surface area (Å²) in [7, 11) is 1.66. The van der Waals surface area contributed by atoms with Crippen LogP contribution in [-0.4, -0.2) is 34.8 Å². The second kappa shape index (κ2) is 5.45. The van der Waals surface area contributed by atoms with E-state index < -0.39 is 5.82 Å². The summed E-state index contributed by atoms with van der Waals surface area (Å²) in [4.78, 5) is 7.65. The molecule has 0 bridgehead atoms. The molecule has 0 aliphatic carbocycles. The average molecular weight is 214 g/mol. The van der Waals surface area contributed by atoms with Gasteiger partial charge in [-0.15, -0.1) is 0 Å². The lowest BCUT2D eigenvalue weighted by molar-refractivity contribution is 0.282. The second-order valence-corrected chi connectivity index (χ2v) is 3.20. The minimum absolute atomic E-state index is 0.0379. The Bertz CT molecular complexity index is 321. The molecule has 0 aromatic carbocycles. The van der Waals surface area contributed by atoms with Gasteiger partial charge in [0.05, 0.1) is 6.20 Å². The molecule has 0 aliphatic heterocycles. The van der Waals surface area contributed by atoms with E-state index in [1.165, 1.54) is 0 Å². The molecule has 0 aliphatic rings. The van der Waals surface area contributed by atoms with Crippen molar-refractivity contribution >= 4 is 11.8 Å². The zero-order valence-corrected chi connectivity index (χ0v) is 8.79. The molecule has 3 N–H and O–H groups in total. The van der Waals surface area contributed by atoms with Gasteiger partial charge in [0.1, 0.15) is 0 Å². The normalized spacial score (nSPS) is 12.3. The minimum atomic E-state index is -0.501. The molecule has 0 saturated carbocycles. The highest BCUT2D eigenvalue weighted by Gasteiger charge is 2.08. The zero-order chi connectivity index (χ0) is 11.3. The Morgan fingerprint density at radius 2 is 2.33 bits per heavy atom. The Morgan fingerprint density at radius 3 is 2.93 bits per heavy atom. The van der Waals surface area contributed by atoms with Gasteiger partial charge in [-0.3, -0.25) is 0 Å². The van der Waals surface area contributed by atoms with Crippen LogP contribution in [0, 0.1) is 5.82 Å². The quantitative estimate of drug-likeness (QED) is 0.677. The van der Waals surface area contributed by atoms with Crippen molar-refractivity contribution in [2.75, 3.05) is 24.3 Å². The molecule has 1 aromatic heterocycles. The van der Waals surface area contributed by atoms with Crippen molar-refractivity contribution in [2.24, 2.45) is 0 Å². The number of nitrogens with one attached hydrogen (secondary N) is 2. The lowest BCUT2D eigenvalue weighted by atomic mass is 10.2. The van der Waals surface area contributed by atoms with E-state index in [1.54, 1.807) is 7.05 Å². The van der Waals surface area contributed by atoms with Crippen molar-refractivity contribution in [3.05, 3.63) is 12.0 Å². The zero-order valence-electron chi connectivity index (χ0n) is 8.79. The van der Waals surface area contributed by atoms with Crippen LogP contribution in [-0.2, 0) is 0 Å². The molecule has 1 heterocycles. The van der Waals surface area contributed by atoms with E-state index in [4.69, 9.17) is 5.11 Å². The number of rotatable bonds is 5. The topological polar surface area (TPSA) is 70.1 Å². The maximum absolute atomic E-state index is 13.2. The number of aliphatic hydroxyl groups excluding tert-OH is 1. The summed E-state index contributed by atoms with van der Waals surface area (Å²) in [5.41, 5.74) is 0. The first-order chi connectivity index (χ1) is 7.17. The molecular formula is C9H15FN4O. The van der Waals surface area contributed by atoms with E-state index in [0.717, 1.165) is 6.20 Å². The molecule has 0 saturated heterocycles. The van der Waals surface area contributed by atoms with Crippen molar-refractivity contribution in [2.45, 2.75) is 19.4 Å². The van der Waals surface area contributed by atoms with Gasteiger partial charge in [0.2, 0.25) is 5.95 Å². The van der Waals surface area contributed by atoms with Crippen molar-refractivity contribution in [1.82, 2.24) is 9.97 Å². The Kier molecular flexibility index (Phi) is 4.23. The number of hydrogen-bond acceptors (Lipinski definition) is 5. The van der Waals surface area contributed by atoms with Crippen LogP contribution in [0.3, 0.4) is 0 Å². The fourth-order valence-electron chi connectivity index (χ4n) is 1.09. The molecule has 6 heteroatoms. The van der Waals surface area contributed by atoms with Crippen LogP contribution in [0.15, 0.2) is 6.20 Å². The van der Waals surface area contributed by atoms with Gasteiger partial charge in [0.15, 0.2) is 11.6 Å². The highest BCUT2D eigenvalue weighted by atomic mass is 19.1. The van der Waals surface area contributed by atoms with Crippen LogP contribution in [0.1, 0.15) is 13.3 Å². The van der Waals surface area contributed by atoms with Crippen LogP contribution in [0.4, 0.5) is 16.2 Å². The van der Waals surface area contributed by atoms with Crippen LogP contribution in [0.25, 0.3) is 0 Å². The number of aliphatic hydroxyl groups is 1. The maximum atomic E-state index is 13.2. The summed E-state index contributed by atoms with van der Waals surface area (Å²) in [5.74, 6) is 0.00388. The molecule has 1 atom stereocenters. The molecule has 0 fully saturated rings. The van der Waals surface area contributed by atoms with Gasteiger partial charge in [0.25, 0.3) is 0 Å². The Morgan fingerprint density at radius 1 is 1.60 bits per heavy atom. The van der Waals surface area contributed by atoms with E-state index in [1.807, 2.05) is 6.92 Å². The Labute approximate surface area is 87.8 Å². The molecule has 1 aromatic rings. The van der Waals surface area contributed by atoms with Gasteiger partial charge in [-0.2, -0.15) is 4.98 Å². The molecular weight excluding hydrogens is 199 g/mol. The predicted molar refractivity (Wildman–Crippen MR) is 56.3 cm³/mol. The molecule has 15 heavy (non-hydrogen) atoms. The van der Waals surface area contributed by atoms with E-state index in [0.29, 0.717) is 12.4 Å². The largest absolute Gasteiger partial charge is 0.396 e. The number of halogens is 1. The second-order valence-electron chi connectivity index (χ2n) is 3.20. The summed E-state index contributed by atoms with van der Waals surface area (Å²) < 4.78 is 13.2. The summed E-state index contributed by atoms with van der Waals surface area (Å²) in [6.45, 7) is 1.90. The molecule has 0 radical (unpaired) electrons. The minimum Gasteiger partial charge on any atom is -0.396 e. The first-order valence-corrected chi connectivity index (χ1v) is 4.75. The lowest BCUT2D eigenvalue weighted by Crippen LogP contribution is -2.19. The average Bonchev–Trinajstić information content (AvgIpc) is 2.21. The van der Waals surface area contributed by atoms with Gasteiger partial charge in [-0.25, -0.2) is 9.37 Å². The molecule has 84 valence electrons. The Hall–Kier alpha value is -1.43. The van der Waals surface area contributed by atoms with Gasteiger partial charge in [-0.05, 0) is 13.3 Å². The molecule has 1 unspecified atom stereocenters. The summed E-state index contributed by atoms with van der Waals surface area (Å²) in [6.07, 6.45) is 1.64. The van der Waals surface area contributed by atoms with Crippen molar-refractivity contribution in [3.8, 4) is 0 Å². The third-order valence-corrected chi connectivity index (χ3v) is 1.91. The maximum Gasteiger partial charge on any atom is 0.224 e. The lowest BCUT2D eigenvalue weighted by Gasteiger charge is -2.13. The molecule has 5 nitrogen and oxygen atoms in total. The van der Waals surface area contributed by atoms with Crippen molar-refractivity contribution in [1.29, 1.82) is 0 Å². The third-order valence-electron chi connectivity index (χ3n) is 1.91. The van der Waals surface area contributed by atoms with E-state index in [-0.39, 0.29) is 18.5 Å². The molecule has 0 amide bonds. The van der Waals surface area contributed by atoms with Gasteiger partial charge >= 0.3 is 0 Å². The summed E-state index contributed by atoms with van der Waals surface area (Å²) >= 11 is 0. The summed E-state index contributed by atoms with van der Waals surface area (Å²) in [6, 6.07) is -0.0379. The van der Waals surface area contributed by atoms with Gasteiger partial charge < -0.3 is 15.7 Å². The monoisotopic (exact) mass is 214 g/mol. The fraction of sp³-hybridized carbons (Fsp3) is 0.556. The fourth-order valence-corrected chi connectivity index (χ4v) is 1.09. The van der Waals surface area contributed by atoms with Crippen molar-refractivity contribution in [3.63, 3.8) is 0 Å². The highest BCUT2D eigenvalue weighted by molar-refractivity contribution is 5.41. The molecule has 1 rings (SSSR count). The number of nitrogens with zero attached hydrogens (tertiary/aromatic N) is 2.